The average molecular weight is 357 g/mol. The van der Waals surface area contributed by atoms with Crippen LogP contribution in [0.5, 0.6) is 0 Å². The first-order chi connectivity index (χ1) is 12.5. The van der Waals surface area contributed by atoms with Crippen LogP contribution in [-0.4, -0.2) is 20.8 Å². The van der Waals surface area contributed by atoms with E-state index in [1.807, 2.05) is 25.4 Å². The number of nitrogens with zero attached hydrogens (tertiary/aromatic N) is 3. The minimum atomic E-state index is -0.694. The number of nitrogens with one attached hydrogen (secondary N) is 2. The summed E-state index contributed by atoms with van der Waals surface area (Å²) in [7, 11) is 1.83. The van der Waals surface area contributed by atoms with E-state index in [0.717, 1.165) is 29.0 Å². The lowest BCUT2D eigenvalue weighted by molar-refractivity contribution is 0.240. The predicted molar refractivity (Wildman–Crippen MR) is 91.9 cm³/mol. The van der Waals surface area contributed by atoms with Crippen LogP contribution in [0.25, 0.3) is 11.3 Å². The van der Waals surface area contributed by atoms with Gasteiger partial charge in [-0.3, -0.25) is 9.67 Å². The van der Waals surface area contributed by atoms with Gasteiger partial charge in [0, 0.05) is 49.7 Å². The molecule has 0 aliphatic carbocycles. The molecule has 0 spiro atoms. The number of rotatable bonds is 5. The van der Waals surface area contributed by atoms with Gasteiger partial charge in [-0.25, -0.2) is 13.6 Å². The third-order valence-corrected chi connectivity index (χ3v) is 3.73. The van der Waals surface area contributed by atoms with Crippen LogP contribution in [0.3, 0.4) is 0 Å². The number of halogens is 2. The molecule has 0 saturated carbocycles. The van der Waals surface area contributed by atoms with Crippen LogP contribution in [0, 0.1) is 11.6 Å². The molecule has 0 atom stereocenters. The first-order valence-electron chi connectivity index (χ1n) is 7.91. The summed E-state index contributed by atoms with van der Waals surface area (Å²) in [6.45, 7) is 0.244. The van der Waals surface area contributed by atoms with E-state index in [0.29, 0.717) is 0 Å². The van der Waals surface area contributed by atoms with E-state index in [-0.39, 0.29) is 18.7 Å². The summed E-state index contributed by atoms with van der Waals surface area (Å²) in [5.74, 6) is -1.35. The Morgan fingerprint density at radius 2 is 1.92 bits per heavy atom. The first kappa shape index (κ1) is 17.5. The van der Waals surface area contributed by atoms with Crippen molar-refractivity contribution in [3.8, 4) is 11.3 Å². The Bertz CT molecular complexity index is 908. The van der Waals surface area contributed by atoms with Gasteiger partial charge in [0.1, 0.15) is 11.6 Å². The molecule has 2 aromatic heterocycles. The van der Waals surface area contributed by atoms with E-state index in [4.69, 9.17) is 0 Å². The Morgan fingerprint density at radius 3 is 2.58 bits per heavy atom. The number of benzene rings is 1. The number of carbonyl (C=O) groups is 1. The van der Waals surface area contributed by atoms with Gasteiger partial charge in [-0.2, -0.15) is 5.10 Å². The number of hydrogen-bond donors (Lipinski definition) is 2. The molecule has 3 aromatic rings. The van der Waals surface area contributed by atoms with Crippen molar-refractivity contribution >= 4 is 6.03 Å². The number of amides is 2. The number of urea groups is 1. The van der Waals surface area contributed by atoms with E-state index in [1.165, 1.54) is 6.07 Å². The number of carbonyl (C=O) groups excluding carboxylic acids is 1. The molecule has 2 amide bonds. The van der Waals surface area contributed by atoms with E-state index in [9.17, 15) is 13.6 Å². The van der Waals surface area contributed by atoms with Gasteiger partial charge in [-0.1, -0.05) is 12.1 Å². The molecule has 3 rings (SSSR count). The van der Waals surface area contributed by atoms with Crippen molar-refractivity contribution in [1.29, 1.82) is 0 Å². The van der Waals surface area contributed by atoms with Crippen molar-refractivity contribution in [1.82, 2.24) is 25.4 Å². The van der Waals surface area contributed by atoms with Gasteiger partial charge in [0.15, 0.2) is 0 Å². The molecule has 1 aromatic carbocycles. The zero-order valence-corrected chi connectivity index (χ0v) is 14.0. The van der Waals surface area contributed by atoms with Crippen molar-refractivity contribution in [3.05, 3.63) is 71.7 Å². The van der Waals surface area contributed by atoms with Gasteiger partial charge < -0.3 is 10.6 Å². The van der Waals surface area contributed by atoms with Gasteiger partial charge in [-0.05, 0) is 17.7 Å². The van der Waals surface area contributed by atoms with Gasteiger partial charge >= 0.3 is 6.03 Å². The highest BCUT2D eigenvalue weighted by Crippen LogP contribution is 2.15. The molecule has 0 fully saturated rings. The predicted octanol–water partition coefficient (Wildman–Crippen LogP) is 2.76. The van der Waals surface area contributed by atoms with Crippen molar-refractivity contribution in [2.75, 3.05) is 0 Å². The average Bonchev–Trinajstić information content (AvgIpc) is 3.06. The van der Waals surface area contributed by atoms with Crippen molar-refractivity contribution in [2.24, 2.45) is 7.05 Å². The largest absolute Gasteiger partial charge is 0.334 e. The molecule has 0 saturated heterocycles. The normalized spacial score (nSPS) is 10.6. The Morgan fingerprint density at radius 1 is 1.12 bits per heavy atom. The van der Waals surface area contributed by atoms with Crippen molar-refractivity contribution < 1.29 is 13.6 Å². The van der Waals surface area contributed by atoms with E-state index in [2.05, 4.69) is 20.7 Å². The second-order valence-corrected chi connectivity index (χ2v) is 5.73. The highest BCUT2D eigenvalue weighted by atomic mass is 19.1. The molecule has 0 aliphatic heterocycles. The second kappa shape index (κ2) is 7.73. The number of hydrogen-bond acceptors (Lipinski definition) is 3. The molecular formula is C18H17F2N5O. The van der Waals surface area contributed by atoms with Gasteiger partial charge in [0.25, 0.3) is 0 Å². The lowest BCUT2D eigenvalue weighted by atomic mass is 10.2. The SMILES string of the molecule is Cn1cc(-c2ccc(CNC(=O)NCc3ccc(F)cc3F)cn2)cn1. The minimum absolute atomic E-state index is 0.0316. The van der Waals surface area contributed by atoms with Crippen LogP contribution in [0.2, 0.25) is 0 Å². The molecule has 2 N–H and O–H groups in total. The first-order valence-corrected chi connectivity index (χ1v) is 7.91. The van der Waals surface area contributed by atoms with Gasteiger partial charge in [0.2, 0.25) is 0 Å². The van der Waals surface area contributed by atoms with Crippen LogP contribution in [0.15, 0.2) is 48.9 Å². The van der Waals surface area contributed by atoms with E-state index < -0.39 is 17.7 Å². The number of aryl methyl sites for hydroxylation is 1. The van der Waals surface area contributed by atoms with E-state index in [1.54, 1.807) is 17.1 Å². The molecule has 0 radical (unpaired) electrons. The summed E-state index contributed by atoms with van der Waals surface area (Å²) >= 11 is 0. The molecule has 134 valence electrons. The highest BCUT2D eigenvalue weighted by Gasteiger charge is 2.07. The smallest absolute Gasteiger partial charge is 0.315 e. The summed E-state index contributed by atoms with van der Waals surface area (Å²) in [6.07, 6.45) is 5.26. The Hall–Kier alpha value is -3.29. The maximum atomic E-state index is 13.5. The topological polar surface area (TPSA) is 71.8 Å². The zero-order valence-electron chi connectivity index (χ0n) is 14.0. The molecule has 2 heterocycles. The molecule has 6 nitrogen and oxygen atoms in total. The molecule has 26 heavy (non-hydrogen) atoms. The van der Waals surface area contributed by atoms with Crippen LogP contribution >= 0.6 is 0 Å². The lowest BCUT2D eigenvalue weighted by Gasteiger charge is -2.08. The maximum Gasteiger partial charge on any atom is 0.315 e. The summed E-state index contributed by atoms with van der Waals surface area (Å²) in [5, 5.41) is 9.28. The van der Waals surface area contributed by atoms with Crippen molar-refractivity contribution in [2.45, 2.75) is 13.1 Å². The molecule has 0 bridgehead atoms. The summed E-state index contributed by atoms with van der Waals surface area (Å²) in [5.41, 5.74) is 2.73. The van der Waals surface area contributed by atoms with Gasteiger partial charge in [-0.15, -0.1) is 0 Å². The maximum absolute atomic E-state index is 13.5. The monoisotopic (exact) mass is 357 g/mol. The Kier molecular flexibility index (Phi) is 5.21. The fraction of sp³-hybridized carbons (Fsp3) is 0.167. The summed E-state index contributed by atoms with van der Waals surface area (Å²) in [6, 6.07) is 6.48. The third-order valence-electron chi connectivity index (χ3n) is 3.73. The van der Waals surface area contributed by atoms with Crippen LogP contribution in [-0.2, 0) is 20.1 Å². The Balaban J connectivity index is 1.49. The van der Waals surface area contributed by atoms with Gasteiger partial charge in [0.05, 0.1) is 11.9 Å². The lowest BCUT2D eigenvalue weighted by Crippen LogP contribution is -2.34. The highest BCUT2D eigenvalue weighted by molar-refractivity contribution is 5.73. The fourth-order valence-electron chi connectivity index (χ4n) is 2.34. The van der Waals surface area contributed by atoms with Crippen LogP contribution < -0.4 is 10.6 Å². The summed E-state index contributed by atoms with van der Waals surface area (Å²) < 4.78 is 28.0. The van der Waals surface area contributed by atoms with Crippen LogP contribution in [0.1, 0.15) is 11.1 Å². The number of pyridine rings is 1. The second-order valence-electron chi connectivity index (χ2n) is 5.73. The van der Waals surface area contributed by atoms with Crippen LogP contribution in [0.4, 0.5) is 13.6 Å². The zero-order chi connectivity index (χ0) is 18.5. The number of aromatic nitrogens is 3. The fourth-order valence-corrected chi connectivity index (χ4v) is 2.34. The summed E-state index contributed by atoms with van der Waals surface area (Å²) in [4.78, 5) is 16.2. The Labute approximate surface area is 148 Å². The molecule has 8 heteroatoms. The standard InChI is InChI=1S/C18H17F2N5O/c1-25-11-14(10-24-25)17-5-2-12(7-21-17)8-22-18(26)23-9-13-3-4-15(19)6-16(13)20/h2-7,10-11H,8-9H2,1H3,(H2,22,23,26). The molecule has 0 unspecified atom stereocenters. The molecular weight excluding hydrogens is 340 g/mol. The quantitative estimate of drug-likeness (QED) is 0.738. The third kappa shape index (κ3) is 4.41. The van der Waals surface area contributed by atoms with E-state index >= 15 is 0 Å². The minimum Gasteiger partial charge on any atom is -0.334 e. The molecule has 0 aliphatic rings. The van der Waals surface area contributed by atoms with Crippen molar-refractivity contribution in [3.63, 3.8) is 0 Å².